The van der Waals surface area contributed by atoms with Gasteiger partial charge >= 0.3 is 0 Å². The van der Waals surface area contributed by atoms with Crippen molar-refractivity contribution in [2.75, 3.05) is 17.6 Å². The summed E-state index contributed by atoms with van der Waals surface area (Å²) in [5, 5.41) is 2.17. The monoisotopic (exact) mass is 328 g/mol. The SMILES string of the molecule is COc1ccc2cc(-c3ccn4c3NS(=O)(=O)CC4)ccc2c1. The van der Waals surface area contributed by atoms with Crippen LogP contribution >= 0.6 is 0 Å². The van der Waals surface area contributed by atoms with Gasteiger partial charge in [0.25, 0.3) is 0 Å². The molecule has 5 nitrogen and oxygen atoms in total. The highest BCUT2D eigenvalue weighted by Gasteiger charge is 2.23. The number of methoxy groups -OCH3 is 1. The van der Waals surface area contributed by atoms with Gasteiger partial charge in [0.05, 0.1) is 12.9 Å². The summed E-state index contributed by atoms with van der Waals surface area (Å²) in [4.78, 5) is 0. The molecule has 118 valence electrons. The third-order valence-corrected chi connectivity index (χ3v) is 5.40. The van der Waals surface area contributed by atoms with Crippen molar-refractivity contribution >= 4 is 26.6 Å². The zero-order valence-electron chi connectivity index (χ0n) is 12.6. The van der Waals surface area contributed by atoms with Gasteiger partial charge in [-0.1, -0.05) is 18.2 Å². The van der Waals surface area contributed by atoms with Gasteiger partial charge in [-0.3, -0.25) is 4.72 Å². The van der Waals surface area contributed by atoms with Crippen LogP contribution in [0.15, 0.2) is 48.7 Å². The summed E-state index contributed by atoms with van der Waals surface area (Å²) >= 11 is 0. The number of nitrogens with one attached hydrogen (secondary N) is 1. The van der Waals surface area contributed by atoms with Gasteiger partial charge in [-0.05, 0) is 40.6 Å². The molecule has 0 saturated carbocycles. The lowest BCUT2D eigenvalue weighted by Crippen LogP contribution is -2.27. The Labute approximate surface area is 134 Å². The van der Waals surface area contributed by atoms with Crippen molar-refractivity contribution in [2.24, 2.45) is 0 Å². The number of fused-ring (bicyclic) bond motifs is 2. The molecule has 0 aliphatic carbocycles. The van der Waals surface area contributed by atoms with Crippen LogP contribution in [0.25, 0.3) is 21.9 Å². The Hall–Kier alpha value is -2.47. The average Bonchev–Trinajstić information content (AvgIpc) is 2.95. The maximum absolute atomic E-state index is 11.8. The first kappa shape index (κ1) is 14.1. The van der Waals surface area contributed by atoms with Crippen LogP contribution in [0.5, 0.6) is 5.75 Å². The van der Waals surface area contributed by atoms with Crippen LogP contribution in [0.2, 0.25) is 0 Å². The Morgan fingerprint density at radius 2 is 1.87 bits per heavy atom. The van der Waals surface area contributed by atoms with Crippen molar-refractivity contribution in [1.29, 1.82) is 0 Å². The normalized spacial score (nSPS) is 15.9. The highest BCUT2D eigenvalue weighted by atomic mass is 32.2. The van der Waals surface area contributed by atoms with E-state index < -0.39 is 10.0 Å². The number of aromatic nitrogens is 1. The molecule has 0 unspecified atom stereocenters. The Kier molecular flexibility index (Phi) is 3.09. The van der Waals surface area contributed by atoms with E-state index in [-0.39, 0.29) is 5.75 Å². The van der Waals surface area contributed by atoms with Gasteiger partial charge in [-0.2, -0.15) is 0 Å². The van der Waals surface area contributed by atoms with E-state index in [2.05, 4.69) is 10.8 Å². The van der Waals surface area contributed by atoms with E-state index in [0.29, 0.717) is 12.4 Å². The zero-order chi connectivity index (χ0) is 16.0. The molecular formula is C17H16N2O3S. The summed E-state index contributed by atoms with van der Waals surface area (Å²) in [5.74, 6) is 1.58. The first-order chi connectivity index (χ1) is 11.1. The second-order valence-corrected chi connectivity index (χ2v) is 7.46. The molecule has 0 atom stereocenters. The van der Waals surface area contributed by atoms with Crippen molar-refractivity contribution in [1.82, 2.24) is 4.57 Å². The Balaban J connectivity index is 1.83. The Morgan fingerprint density at radius 3 is 2.70 bits per heavy atom. The first-order valence-electron chi connectivity index (χ1n) is 7.33. The maximum atomic E-state index is 11.8. The number of benzene rings is 2. The molecule has 1 aromatic heterocycles. The summed E-state index contributed by atoms with van der Waals surface area (Å²) in [5.41, 5.74) is 1.88. The van der Waals surface area contributed by atoms with Crippen LogP contribution < -0.4 is 9.46 Å². The van der Waals surface area contributed by atoms with Gasteiger partial charge in [-0.25, -0.2) is 8.42 Å². The molecular weight excluding hydrogens is 312 g/mol. The topological polar surface area (TPSA) is 60.3 Å². The molecule has 1 N–H and O–H groups in total. The van der Waals surface area contributed by atoms with Crippen LogP contribution in [-0.4, -0.2) is 25.8 Å². The van der Waals surface area contributed by atoms with Crippen LogP contribution in [-0.2, 0) is 16.6 Å². The third-order valence-electron chi connectivity index (χ3n) is 4.17. The first-order valence-corrected chi connectivity index (χ1v) is 8.99. The quantitative estimate of drug-likeness (QED) is 0.786. The lowest BCUT2D eigenvalue weighted by atomic mass is 10.0. The largest absolute Gasteiger partial charge is 0.497 e. The number of anilines is 1. The fourth-order valence-electron chi connectivity index (χ4n) is 2.94. The minimum Gasteiger partial charge on any atom is -0.497 e. The summed E-state index contributed by atoms with van der Waals surface area (Å²) < 4.78 is 33.5. The van der Waals surface area contributed by atoms with Crippen molar-refractivity contribution in [3.05, 3.63) is 48.7 Å². The fourth-order valence-corrected chi connectivity index (χ4v) is 4.00. The van der Waals surface area contributed by atoms with Gasteiger partial charge in [0.15, 0.2) is 0 Å². The molecule has 1 aliphatic rings. The molecule has 0 spiro atoms. The predicted molar refractivity (Wildman–Crippen MR) is 91.3 cm³/mol. The number of aryl methyl sites for hydroxylation is 1. The standard InChI is InChI=1S/C17H16N2O3S/c1-22-15-5-4-12-10-14(3-2-13(12)11-15)16-6-7-19-8-9-23(20,21)18-17(16)19/h2-7,10-11,18H,8-9H2,1H3. The van der Waals surface area contributed by atoms with Crippen molar-refractivity contribution in [2.45, 2.75) is 6.54 Å². The van der Waals surface area contributed by atoms with Gasteiger partial charge in [0, 0.05) is 18.3 Å². The lowest BCUT2D eigenvalue weighted by Gasteiger charge is -2.19. The molecule has 0 fully saturated rings. The van der Waals surface area contributed by atoms with Gasteiger partial charge < -0.3 is 9.30 Å². The number of ether oxygens (including phenoxy) is 1. The Bertz CT molecular complexity index is 1010. The molecule has 6 heteroatoms. The van der Waals surface area contributed by atoms with E-state index in [4.69, 9.17) is 4.74 Å². The molecule has 0 amide bonds. The highest BCUT2D eigenvalue weighted by molar-refractivity contribution is 7.92. The smallest absolute Gasteiger partial charge is 0.235 e. The molecule has 0 saturated heterocycles. The van der Waals surface area contributed by atoms with Crippen molar-refractivity contribution in [3.63, 3.8) is 0 Å². The summed E-state index contributed by atoms with van der Waals surface area (Å²) in [6.07, 6.45) is 1.92. The average molecular weight is 328 g/mol. The number of hydrogen-bond acceptors (Lipinski definition) is 3. The molecule has 0 radical (unpaired) electrons. The van der Waals surface area contributed by atoms with Crippen LogP contribution in [0, 0.1) is 0 Å². The maximum Gasteiger partial charge on any atom is 0.235 e. The fraction of sp³-hybridized carbons (Fsp3) is 0.176. The molecule has 4 rings (SSSR count). The molecule has 2 aromatic carbocycles. The second-order valence-electron chi connectivity index (χ2n) is 5.62. The van der Waals surface area contributed by atoms with Gasteiger partial charge in [-0.15, -0.1) is 0 Å². The molecule has 3 aromatic rings. The molecule has 23 heavy (non-hydrogen) atoms. The minimum absolute atomic E-state index is 0.117. The lowest BCUT2D eigenvalue weighted by molar-refractivity contribution is 0.415. The predicted octanol–water partition coefficient (Wildman–Crippen LogP) is 3.07. The van der Waals surface area contributed by atoms with Crippen molar-refractivity contribution in [3.8, 4) is 16.9 Å². The molecule has 2 heterocycles. The summed E-state index contributed by atoms with van der Waals surface area (Å²) in [6.45, 7) is 0.482. The molecule has 1 aliphatic heterocycles. The summed E-state index contributed by atoms with van der Waals surface area (Å²) in [7, 11) is -1.59. The number of sulfonamides is 1. The summed E-state index contributed by atoms with van der Waals surface area (Å²) in [6, 6.07) is 13.9. The zero-order valence-corrected chi connectivity index (χ0v) is 13.4. The van der Waals surface area contributed by atoms with E-state index in [9.17, 15) is 8.42 Å². The highest BCUT2D eigenvalue weighted by Crippen LogP contribution is 2.34. The number of nitrogens with zero attached hydrogens (tertiary/aromatic N) is 1. The van der Waals surface area contributed by atoms with Crippen LogP contribution in [0.3, 0.4) is 0 Å². The van der Waals surface area contributed by atoms with E-state index in [0.717, 1.165) is 27.6 Å². The Morgan fingerprint density at radius 1 is 1.09 bits per heavy atom. The van der Waals surface area contributed by atoms with E-state index in [1.165, 1.54) is 0 Å². The minimum atomic E-state index is -3.24. The number of rotatable bonds is 2. The van der Waals surface area contributed by atoms with E-state index >= 15 is 0 Å². The van der Waals surface area contributed by atoms with E-state index in [1.807, 2.05) is 47.2 Å². The van der Waals surface area contributed by atoms with Gasteiger partial charge in [0.2, 0.25) is 10.0 Å². The third kappa shape index (κ3) is 2.45. The van der Waals surface area contributed by atoms with Gasteiger partial charge in [0.1, 0.15) is 11.6 Å². The van der Waals surface area contributed by atoms with E-state index in [1.54, 1.807) is 7.11 Å². The number of hydrogen-bond donors (Lipinski definition) is 1. The second kappa shape index (κ2) is 5.03. The van der Waals surface area contributed by atoms with Crippen molar-refractivity contribution < 1.29 is 13.2 Å². The van der Waals surface area contributed by atoms with Crippen LogP contribution in [0.1, 0.15) is 0 Å². The van der Waals surface area contributed by atoms with Crippen LogP contribution in [0.4, 0.5) is 5.82 Å². The molecule has 0 bridgehead atoms.